The van der Waals surface area contributed by atoms with Crippen LogP contribution < -0.4 is 10.6 Å². The summed E-state index contributed by atoms with van der Waals surface area (Å²) in [6, 6.07) is 6.51. The number of carbonyl (C=O) groups excluding carboxylic acids is 2. The zero-order chi connectivity index (χ0) is 29.6. The number of ether oxygens (including phenoxy) is 3. The highest BCUT2D eigenvalue weighted by Gasteiger charge is 2.69. The van der Waals surface area contributed by atoms with Crippen LogP contribution in [0.25, 0.3) is 0 Å². The number of carboxylic acid groups (broad SMARTS) is 1. The number of aliphatic hydroxyl groups excluding tert-OH is 1. The Labute approximate surface area is 223 Å². The van der Waals surface area contributed by atoms with E-state index in [-0.39, 0.29) is 21.4 Å². The van der Waals surface area contributed by atoms with Crippen molar-refractivity contribution in [3.63, 3.8) is 0 Å². The highest BCUT2D eigenvalue weighted by molar-refractivity contribution is 6.31. The Morgan fingerprint density at radius 1 is 0.897 bits per heavy atom. The number of aliphatic hydroxyl groups is 1. The van der Waals surface area contributed by atoms with Gasteiger partial charge >= 0.3 is 36.1 Å². The number of carboxylic acids is 1. The predicted octanol–water partition coefficient (Wildman–Crippen LogP) is 5.37. The third-order valence-electron chi connectivity index (χ3n) is 5.41. The molecule has 0 saturated carbocycles. The number of anilines is 2. The summed E-state index contributed by atoms with van der Waals surface area (Å²) in [5.41, 5.74) is -8.91. The van der Waals surface area contributed by atoms with Gasteiger partial charge in [0.1, 0.15) is 0 Å². The van der Waals surface area contributed by atoms with Gasteiger partial charge in [-0.3, -0.25) is 10.6 Å². The topological polar surface area (TPSA) is 143 Å². The molecule has 0 saturated heterocycles. The van der Waals surface area contributed by atoms with E-state index in [1.54, 1.807) is 0 Å². The second-order valence-corrected chi connectivity index (χ2v) is 8.59. The molecule has 1 unspecified atom stereocenters. The molecular weight excluding hydrogens is 593 g/mol. The number of rotatable bonds is 3. The number of methoxy groups -OCH3 is 1. The fourth-order valence-corrected chi connectivity index (χ4v) is 4.05. The molecule has 0 radical (unpaired) electrons. The standard InChI is InChI=1S/C11H9ClF3NO4.C10H5ClF3NO4/c1-19-8(17)10(11(13,14)15)6-4-5(12)2-3-7(6)16-9(18)20-10;11-4-1-2-6-5(3-4)9(7(16)17,10(12,13)14)19-8(18)15-6/h2-4,8,17H,1H3,(H,16,18);1-3H,(H,15,18)(H,16,17)/t8?,10-;9-/m11/s1. The normalized spacial score (nSPS) is 22.9. The number of cyclic esters (lactones) is 2. The van der Waals surface area contributed by atoms with Gasteiger partial charge in [-0.25, -0.2) is 14.4 Å². The van der Waals surface area contributed by atoms with Crippen LogP contribution in [0.1, 0.15) is 11.1 Å². The van der Waals surface area contributed by atoms with Crippen LogP contribution in [0.3, 0.4) is 0 Å². The lowest BCUT2D eigenvalue weighted by Gasteiger charge is -2.41. The Balaban J connectivity index is 0.000000216. The van der Waals surface area contributed by atoms with Crippen LogP contribution in [0.4, 0.5) is 47.3 Å². The molecule has 4 N–H and O–H groups in total. The van der Waals surface area contributed by atoms with E-state index in [0.29, 0.717) is 0 Å². The quantitative estimate of drug-likeness (QED) is 0.270. The lowest BCUT2D eigenvalue weighted by Crippen LogP contribution is -2.58. The van der Waals surface area contributed by atoms with E-state index in [2.05, 4.69) is 19.5 Å². The van der Waals surface area contributed by atoms with E-state index < -0.39 is 59.1 Å². The predicted molar refractivity (Wildman–Crippen MR) is 119 cm³/mol. The van der Waals surface area contributed by atoms with Gasteiger partial charge < -0.3 is 24.4 Å². The van der Waals surface area contributed by atoms with Crippen molar-refractivity contribution in [3.05, 3.63) is 57.6 Å². The van der Waals surface area contributed by atoms with Gasteiger partial charge in [-0.2, -0.15) is 26.3 Å². The third-order valence-corrected chi connectivity index (χ3v) is 5.88. The molecule has 4 rings (SSSR count). The lowest BCUT2D eigenvalue weighted by molar-refractivity contribution is -0.336. The molecular formula is C21H14Cl2F6N2O8. The minimum absolute atomic E-state index is 0.0135. The molecule has 3 atom stereocenters. The van der Waals surface area contributed by atoms with E-state index in [4.69, 9.17) is 28.3 Å². The summed E-state index contributed by atoms with van der Waals surface area (Å²) >= 11 is 11.2. The Hall–Kier alpha value is -3.47. The summed E-state index contributed by atoms with van der Waals surface area (Å²) < 4.78 is 92.4. The molecule has 18 heteroatoms. The van der Waals surface area contributed by atoms with Gasteiger partial charge in [0.25, 0.3) is 5.60 Å². The lowest BCUT2D eigenvalue weighted by atomic mass is 9.89. The van der Waals surface area contributed by atoms with Crippen molar-refractivity contribution in [2.24, 2.45) is 0 Å². The van der Waals surface area contributed by atoms with Crippen molar-refractivity contribution in [2.75, 3.05) is 17.7 Å². The largest absolute Gasteiger partial charge is 0.478 e. The maximum absolute atomic E-state index is 13.4. The van der Waals surface area contributed by atoms with Crippen molar-refractivity contribution < 1.29 is 65.1 Å². The molecule has 10 nitrogen and oxygen atoms in total. The van der Waals surface area contributed by atoms with E-state index in [9.17, 15) is 45.8 Å². The van der Waals surface area contributed by atoms with Crippen molar-refractivity contribution in [3.8, 4) is 0 Å². The fraction of sp³-hybridized carbons (Fsp3) is 0.286. The van der Waals surface area contributed by atoms with Crippen LogP contribution in [0.2, 0.25) is 10.0 Å². The molecule has 2 heterocycles. The zero-order valence-electron chi connectivity index (χ0n) is 18.9. The van der Waals surface area contributed by atoms with Gasteiger partial charge in [0.15, 0.2) is 0 Å². The zero-order valence-corrected chi connectivity index (χ0v) is 20.4. The summed E-state index contributed by atoms with van der Waals surface area (Å²) in [7, 11) is 0.859. The molecule has 39 heavy (non-hydrogen) atoms. The van der Waals surface area contributed by atoms with Gasteiger partial charge in [0.2, 0.25) is 6.29 Å². The third kappa shape index (κ3) is 5.11. The number of nitrogens with one attached hydrogen (secondary N) is 2. The first-order valence-electron chi connectivity index (χ1n) is 10.1. The minimum atomic E-state index is -5.34. The summed E-state index contributed by atoms with van der Waals surface area (Å²) in [5.74, 6) is -2.35. The second-order valence-electron chi connectivity index (χ2n) is 7.71. The Kier molecular flexibility index (Phi) is 7.91. The first-order valence-corrected chi connectivity index (χ1v) is 10.8. The van der Waals surface area contributed by atoms with Crippen molar-refractivity contribution >= 4 is 52.7 Å². The van der Waals surface area contributed by atoms with Gasteiger partial charge in [0.05, 0.1) is 11.4 Å². The number of hydrogen-bond acceptors (Lipinski definition) is 7. The van der Waals surface area contributed by atoms with Crippen LogP contribution >= 0.6 is 23.2 Å². The summed E-state index contributed by atoms with van der Waals surface area (Å²) in [4.78, 5) is 33.6. The SMILES string of the molecule is COC(O)[C@]1(C(F)(F)F)OC(=O)Nc2ccc(Cl)cc21.O=C1Nc2ccc(Cl)cc2[C@@](C(=O)O)(C(F)(F)F)O1. The van der Waals surface area contributed by atoms with Crippen LogP contribution in [0, 0.1) is 0 Å². The number of amides is 2. The smallest absolute Gasteiger partial charge is 0.444 e. The van der Waals surface area contributed by atoms with Crippen LogP contribution in [0.15, 0.2) is 36.4 Å². The molecule has 0 aromatic heterocycles. The highest BCUT2D eigenvalue weighted by Crippen LogP contribution is 2.51. The van der Waals surface area contributed by atoms with E-state index in [0.717, 1.165) is 25.3 Å². The van der Waals surface area contributed by atoms with Crippen LogP contribution in [-0.2, 0) is 30.2 Å². The number of benzene rings is 2. The molecule has 2 aliphatic heterocycles. The number of fused-ring (bicyclic) bond motifs is 2. The first-order chi connectivity index (χ1) is 17.9. The average molecular weight is 607 g/mol. The monoisotopic (exact) mass is 606 g/mol. The number of aliphatic carboxylic acids is 1. The molecule has 2 amide bonds. The fourth-order valence-electron chi connectivity index (χ4n) is 3.71. The van der Waals surface area contributed by atoms with Gasteiger partial charge in [0, 0.05) is 28.3 Å². The average Bonchev–Trinajstić information content (AvgIpc) is 2.81. The molecule has 0 spiro atoms. The molecule has 2 aliphatic rings. The second kappa shape index (κ2) is 10.3. The minimum Gasteiger partial charge on any atom is -0.478 e. The van der Waals surface area contributed by atoms with E-state index in [1.807, 2.05) is 5.32 Å². The Morgan fingerprint density at radius 2 is 1.36 bits per heavy atom. The summed E-state index contributed by atoms with van der Waals surface area (Å²) in [6.07, 6.45) is -15.7. The van der Waals surface area contributed by atoms with Crippen LogP contribution in [0.5, 0.6) is 0 Å². The molecule has 212 valence electrons. The van der Waals surface area contributed by atoms with Crippen LogP contribution in [-0.4, -0.2) is 54.1 Å². The number of hydrogen-bond donors (Lipinski definition) is 4. The van der Waals surface area contributed by atoms with E-state index >= 15 is 0 Å². The van der Waals surface area contributed by atoms with Gasteiger partial charge in [-0.15, -0.1) is 0 Å². The van der Waals surface area contributed by atoms with E-state index in [1.165, 1.54) is 18.2 Å². The molecule has 2 aromatic carbocycles. The maximum Gasteiger partial charge on any atom is 0.444 e. The Bertz CT molecular complexity index is 1320. The van der Waals surface area contributed by atoms with Gasteiger partial charge in [-0.1, -0.05) is 23.2 Å². The molecule has 0 fully saturated rings. The van der Waals surface area contributed by atoms with Crippen molar-refractivity contribution in [1.29, 1.82) is 0 Å². The van der Waals surface area contributed by atoms with Crippen molar-refractivity contribution in [2.45, 2.75) is 29.8 Å². The highest BCUT2D eigenvalue weighted by atomic mass is 35.5. The maximum atomic E-state index is 13.4. The molecule has 0 bridgehead atoms. The number of alkyl halides is 6. The van der Waals surface area contributed by atoms with Crippen molar-refractivity contribution in [1.82, 2.24) is 0 Å². The number of carbonyl (C=O) groups is 3. The van der Waals surface area contributed by atoms with Gasteiger partial charge in [-0.05, 0) is 36.4 Å². The summed E-state index contributed by atoms with van der Waals surface area (Å²) in [6.45, 7) is 0. The number of halogens is 8. The summed E-state index contributed by atoms with van der Waals surface area (Å²) in [5, 5.41) is 22.5. The molecule has 2 aromatic rings. The molecule has 0 aliphatic carbocycles. The Morgan fingerprint density at radius 3 is 1.79 bits per heavy atom. The first kappa shape index (κ1) is 30.1.